The number of esters is 1. The van der Waals surface area contributed by atoms with Gasteiger partial charge in [0.2, 0.25) is 0 Å². The Morgan fingerprint density at radius 3 is 2.67 bits per heavy atom. The molecule has 0 saturated heterocycles. The van der Waals surface area contributed by atoms with Gasteiger partial charge in [-0.05, 0) is 25.5 Å². The molecule has 18 heavy (non-hydrogen) atoms. The summed E-state index contributed by atoms with van der Waals surface area (Å²) in [7, 11) is 0. The molecule has 0 aliphatic heterocycles. The molecule has 0 saturated carbocycles. The molecular weight excluding hydrogens is 241 g/mol. The lowest BCUT2D eigenvalue weighted by Gasteiger charge is -2.22. The van der Waals surface area contributed by atoms with E-state index in [2.05, 4.69) is 4.98 Å². The second kappa shape index (κ2) is 5.57. The van der Waals surface area contributed by atoms with Crippen LogP contribution in [-0.4, -0.2) is 28.6 Å². The minimum absolute atomic E-state index is 0.0864. The number of carbonyl (C=O) groups excluding carboxylic acids is 1. The number of aliphatic carboxylic acids is 1. The molecule has 0 radical (unpaired) electrons. The normalized spacial score (nSPS) is 13.7. The lowest BCUT2D eigenvalue weighted by molar-refractivity contribution is -0.167. The summed E-state index contributed by atoms with van der Waals surface area (Å²) in [6.45, 7) is 2.92. The largest absolute Gasteiger partial charge is 0.480 e. The van der Waals surface area contributed by atoms with Crippen molar-refractivity contribution in [2.75, 3.05) is 6.61 Å². The number of rotatable bonds is 5. The number of hydrogen-bond donors (Lipinski definition) is 1. The summed E-state index contributed by atoms with van der Waals surface area (Å²) >= 11 is 0. The maximum atomic E-state index is 13.0. The molecule has 0 fully saturated rings. The SMILES string of the molecule is CCOC(=O)C(C)(Cc1cncc(F)c1)C(=O)O. The van der Waals surface area contributed by atoms with Gasteiger partial charge in [-0.3, -0.25) is 14.6 Å². The van der Waals surface area contributed by atoms with Crippen molar-refractivity contribution in [3.05, 3.63) is 29.8 Å². The number of hydrogen-bond acceptors (Lipinski definition) is 4. The first kappa shape index (κ1) is 14.1. The van der Waals surface area contributed by atoms with Crippen LogP contribution in [0.1, 0.15) is 19.4 Å². The van der Waals surface area contributed by atoms with Gasteiger partial charge in [-0.25, -0.2) is 4.39 Å². The second-order valence-corrected chi connectivity index (χ2v) is 4.05. The van der Waals surface area contributed by atoms with E-state index < -0.39 is 23.2 Å². The molecule has 1 rings (SSSR count). The molecule has 5 nitrogen and oxygen atoms in total. The Kier molecular flexibility index (Phi) is 4.36. The average molecular weight is 255 g/mol. The van der Waals surface area contributed by atoms with Crippen molar-refractivity contribution in [1.29, 1.82) is 0 Å². The van der Waals surface area contributed by atoms with E-state index in [4.69, 9.17) is 9.84 Å². The number of carboxylic acid groups (broad SMARTS) is 1. The smallest absolute Gasteiger partial charge is 0.323 e. The Balaban J connectivity index is 3.00. The first-order chi connectivity index (χ1) is 8.40. The third-order valence-corrected chi connectivity index (χ3v) is 2.52. The maximum Gasteiger partial charge on any atom is 0.323 e. The molecule has 0 spiro atoms. The quantitative estimate of drug-likeness (QED) is 0.636. The van der Waals surface area contributed by atoms with Crippen LogP contribution < -0.4 is 0 Å². The van der Waals surface area contributed by atoms with Gasteiger partial charge >= 0.3 is 11.9 Å². The lowest BCUT2D eigenvalue weighted by atomic mass is 9.84. The zero-order chi connectivity index (χ0) is 13.8. The highest BCUT2D eigenvalue weighted by molar-refractivity contribution is 5.98. The lowest BCUT2D eigenvalue weighted by Crippen LogP contribution is -2.40. The highest BCUT2D eigenvalue weighted by atomic mass is 19.1. The molecule has 0 aromatic carbocycles. The number of pyridine rings is 1. The van der Waals surface area contributed by atoms with Crippen LogP contribution in [0, 0.1) is 11.2 Å². The minimum atomic E-state index is -1.74. The van der Waals surface area contributed by atoms with Gasteiger partial charge in [0.05, 0.1) is 12.8 Å². The molecule has 0 amide bonds. The Bertz CT molecular complexity index is 463. The average Bonchev–Trinajstić information content (AvgIpc) is 2.28. The molecular formula is C12H14FNO4. The Morgan fingerprint density at radius 1 is 1.50 bits per heavy atom. The molecule has 0 aliphatic carbocycles. The van der Waals surface area contributed by atoms with Gasteiger partial charge in [-0.2, -0.15) is 0 Å². The summed E-state index contributed by atoms with van der Waals surface area (Å²) in [4.78, 5) is 26.5. The van der Waals surface area contributed by atoms with Crippen LogP contribution in [0.25, 0.3) is 0 Å². The highest BCUT2D eigenvalue weighted by Gasteiger charge is 2.43. The van der Waals surface area contributed by atoms with Crippen molar-refractivity contribution in [3.63, 3.8) is 0 Å². The third kappa shape index (κ3) is 3.03. The zero-order valence-electron chi connectivity index (χ0n) is 10.1. The molecule has 1 aromatic rings. The van der Waals surface area contributed by atoms with Crippen molar-refractivity contribution >= 4 is 11.9 Å². The van der Waals surface area contributed by atoms with Gasteiger partial charge < -0.3 is 9.84 Å². The first-order valence-electron chi connectivity index (χ1n) is 5.40. The molecule has 1 aromatic heterocycles. The summed E-state index contributed by atoms with van der Waals surface area (Å²) in [6, 6.07) is 1.15. The monoisotopic (exact) mass is 255 g/mol. The number of ether oxygens (including phenoxy) is 1. The Labute approximate surface area is 104 Å². The highest BCUT2D eigenvalue weighted by Crippen LogP contribution is 2.25. The molecule has 0 bridgehead atoms. The van der Waals surface area contributed by atoms with E-state index in [0.29, 0.717) is 5.56 Å². The Hall–Kier alpha value is -1.98. The van der Waals surface area contributed by atoms with E-state index in [1.54, 1.807) is 6.92 Å². The van der Waals surface area contributed by atoms with Gasteiger partial charge in [0.1, 0.15) is 5.82 Å². The van der Waals surface area contributed by atoms with Crippen LogP contribution in [-0.2, 0) is 20.7 Å². The summed E-state index contributed by atoms with van der Waals surface area (Å²) in [5.74, 6) is -2.74. The second-order valence-electron chi connectivity index (χ2n) is 4.05. The minimum Gasteiger partial charge on any atom is -0.480 e. The standard InChI is InChI=1S/C12H14FNO4/c1-3-18-11(17)12(2,10(15)16)5-8-4-9(13)7-14-6-8/h4,6-7H,3,5H2,1-2H3,(H,15,16). The molecule has 98 valence electrons. The number of aromatic nitrogens is 1. The van der Waals surface area contributed by atoms with E-state index >= 15 is 0 Å². The summed E-state index contributed by atoms with van der Waals surface area (Å²) in [6.07, 6.45) is 2.15. The van der Waals surface area contributed by atoms with Crippen LogP contribution >= 0.6 is 0 Å². The van der Waals surface area contributed by atoms with E-state index in [9.17, 15) is 14.0 Å². The van der Waals surface area contributed by atoms with Crippen molar-refractivity contribution < 1.29 is 23.8 Å². The van der Waals surface area contributed by atoms with Gasteiger partial charge in [-0.1, -0.05) is 0 Å². The maximum absolute atomic E-state index is 13.0. The number of carboxylic acids is 1. The third-order valence-electron chi connectivity index (χ3n) is 2.52. The topological polar surface area (TPSA) is 76.5 Å². The fourth-order valence-corrected chi connectivity index (χ4v) is 1.49. The van der Waals surface area contributed by atoms with Gasteiger partial charge in [-0.15, -0.1) is 0 Å². The van der Waals surface area contributed by atoms with Crippen molar-refractivity contribution in [2.45, 2.75) is 20.3 Å². The number of nitrogens with zero attached hydrogens (tertiary/aromatic N) is 1. The Morgan fingerprint density at radius 2 is 2.17 bits per heavy atom. The molecule has 6 heteroatoms. The first-order valence-corrected chi connectivity index (χ1v) is 5.40. The molecule has 1 N–H and O–H groups in total. The molecule has 0 aliphatic rings. The van der Waals surface area contributed by atoms with Gasteiger partial charge in [0, 0.05) is 12.6 Å². The van der Waals surface area contributed by atoms with E-state index in [1.165, 1.54) is 13.1 Å². The molecule has 1 heterocycles. The predicted octanol–water partition coefficient (Wildman–Crippen LogP) is 1.42. The number of carbonyl (C=O) groups is 2. The van der Waals surface area contributed by atoms with E-state index in [0.717, 1.165) is 12.3 Å². The van der Waals surface area contributed by atoms with Crippen LogP contribution in [0.5, 0.6) is 0 Å². The van der Waals surface area contributed by atoms with Crippen LogP contribution in [0.15, 0.2) is 18.5 Å². The van der Waals surface area contributed by atoms with Crippen LogP contribution in [0.4, 0.5) is 4.39 Å². The zero-order valence-corrected chi connectivity index (χ0v) is 10.1. The van der Waals surface area contributed by atoms with E-state index in [-0.39, 0.29) is 13.0 Å². The van der Waals surface area contributed by atoms with Crippen LogP contribution in [0.2, 0.25) is 0 Å². The summed E-state index contributed by atoms with van der Waals surface area (Å²) in [5, 5.41) is 9.15. The van der Waals surface area contributed by atoms with Gasteiger partial charge in [0.25, 0.3) is 0 Å². The summed E-state index contributed by atoms with van der Waals surface area (Å²) < 4.78 is 17.7. The molecule has 1 unspecified atom stereocenters. The van der Waals surface area contributed by atoms with Crippen molar-refractivity contribution in [3.8, 4) is 0 Å². The van der Waals surface area contributed by atoms with Gasteiger partial charge in [0.15, 0.2) is 5.41 Å². The fraction of sp³-hybridized carbons (Fsp3) is 0.417. The van der Waals surface area contributed by atoms with E-state index in [1.807, 2.05) is 0 Å². The van der Waals surface area contributed by atoms with Crippen LogP contribution in [0.3, 0.4) is 0 Å². The number of halogens is 1. The molecule has 1 atom stereocenters. The summed E-state index contributed by atoms with van der Waals surface area (Å²) in [5.41, 5.74) is -1.42. The fourth-order valence-electron chi connectivity index (χ4n) is 1.49. The van der Waals surface area contributed by atoms with Crippen molar-refractivity contribution in [1.82, 2.24) is 4.98 Å². The predicted molar refractivity (Wildman–Crippen MR) is 60.3 cm³/mol. The van der Waals surface area contributed by atoms with Crippen molar-refractivity contribution in [2.24, 2.45) is 5.41 Å².